The number of thiol groups is 1. The van der Waals surface area contributed by atoms with Crippen molar-refractivity contribution in [1.29, 1.82) is 0 Å². The smallest absolute Gasteiger partial charge is 0.295 e. The van der Waals surface area contributed by atoms with Crippen LogP contribution in [0, 0.1) is 52.4 Å². The Morgan fingerprint density at radius 2 is 1.28 bits per heavy atom. The van der Waals surface area contributed by atoms with Crippen LogP contribution >= 0.6 is 0 Å². The van der Waals surface area contributed by atoms with Crippen molar-refractivity contribution in [2.75, 3.05) is 27.3 Å². The largest absolute Gasteiger partial charge is 0.456 e. The molecule has 1 aliphatic carbocycles. The van der Waals surface area contributed by atoms with Crippen molar-refractivity contribution in [3.05, 3.63) is 105 Å². The first-order chi connectivity index (χ1) is 30.1. The molecule has 0 fully saturated rings. The number of benzene rings is 5. The lowest BCUT2D eigenvalue weighted by molar-refractivity contribution is -0.118. The zero-order chi connectivity index (χ0) is 48.1. The predicted octanol–water partition coefficient (Wildman–Crippen LogP) is 11.0. The number of nitrogens with one attached hydrogen (secondary N) is 3. The molecule has 0 saturated heterocycles. The third kappa shape index (κ3) is 10.8. The number of aryl methyl sites for hydroxylation is 4. The van der Waals surface area contributed by atoms with Crippen molar-refractivity contribution in [2.24, 2.45) is 15.8 Å². The number of nitrogens with zero attached hydrogens (tertiary/aromatic N) is 2. The molecule has 0 bridgehead atoms. The third-order valence-corrected chi connectivity index (χ3v) is 12.8. The van der Waals surface area contributed by atoms with E-state index in [0.717, 1.165) is 37.7 Å². The maximum Gasteiger partial charge on any atom is 0.295 e. The van der Waals surface area contributed by atoms with E-state index < -0.39 is 21.0 Å². The van der Waals surface area contributed by atoms with Gasteiger partial charge in [-0.05, 0) is 110 Å². The van der Waals surface area contributed by atoms with E-state index in [4.69, 9.17) is 9.41 Å². The first-order valence-electron chi connectivity index (χ1n) is 21.3. The van der Waals surface area contributed by atoms with Crippen molar-refractivity contribution < 1.29 is 35.4 Å². The van der Waals surface area contributed by atoms with Crippen molar-refractivity contribution >= 4 is 77.9 Å². The van der Waals surface area contributed by atoms with Gasteiger partial charge in [0.05, 0.1) is 22.4 Å². The Labute approximate surface area is 383 Å². The van der Waals surface area contributed by atoms with Gasteiger partial charge < -0.3 is 20.4 Å². The Balaban J connectivity index is 1.63. The molecular formula is C50H59N5O8S2. The molecule has 1 aliphatic heterocycles. The SMILES string of the molecule is Cc1cc(C)c(NC(=O)CC(C)(C)C)c(C)c1/N=c1/ccc2c(-c3ccccc3S(=O)(=O)O)c3cc(N(C)[SH](=O)=O)c(Nc4c(C)cc(C)c(NC(=O)CC(C)(C)C)c4C)cc3oc-2c1. The van der Waals surface area contributed by atoms with Crippen LogP contribution in [0.2, 0.25) is 0 Å². The van der Waals surface area contributed by atoms with Gasteiger partial charge in [-0.2, -0.15) is 8.42 Å². The second-order valence-corrected chi connectivity index (χ2v) is 21.8. The number of hydrogen-bond acceptors (Lipinski definition) is 9. The minimum absolute atomic E-state index is 0.103. The summed E-state index contributed by atoms with van der Waals surface area (Å²) in [6.07, 6.45) is 0.633. The molecule has 0 spiro atoms. The summed E-state index contributed by atoms with van der Waals surface area (Å²) in [5, 5.41) is 10.5. The van der Waals surface area contributed by atoms with E-state index in [1.54, 1.807) is 42.5 Å². The molecule has 344 valence electrons. The maximum atomic E-state index is 13.2. The summed E-state index contributed by atoms with van der Waals surface area (Å²) >= 11 is 0. The van der Waals surface area contributed by atoms with Gasteiger partial charge in [0.1, 0.15) is 16.2 Å². The molecule has 65 heavy (non-hydrogen) atoms. The standard InChI is InChI=1S/C50H59N5O8S2/c1-27-20-29(3)47(53-42(56)25-49(7,8)9)31(5)45(27)51-33-18-19-34-39(22-33)63-40-24-37(52-46-28(2)21-30(4)48(32(46)6)54-43(57)26-50(10,11)12)38(55(13)64(58)59)23-36(40)44(34)35-16-14-15-17-41(35)65(60,61)62/h14-24,52,64H,25-26H2,1-13H3,(H,53,56)(H,54,57)(H,60,61,62)/b51-33-. The average Bonchev–Trinajstić information content (AvgIpc) is 3.18. The topological polar surface area (TPSA) is 187 Å². The van der Waals surface area contributed by atoms with Gasteiger partial charge in [-0.1, -0.05) is 71.9 Å². The van der Waals surface area contributed by atoms with Gasteiger partial charge in [0, 0.05) is 71.2 Å². The monoisotopic (exact) mass is 921 g/mol. The summed E-state index contributed by atoms with van der Waals surface area (Å²) in [5.41, 5.74) is 8.93. The van der Waals surface area contributed by atoms with Crippen LogP contribution in [0.4, 0.5) is 34.1 Å². The zero-order valence-electron chi connectivity index (χ0n) is 39.3. The molecule has 15 heteroatoms. The molecule has 0 unspecified atom stereocenters. The lowest BCUT2D eigenvalue weighted by Gasteiger charge is -2.24. The van der Waals surface area contributed by atoms with Gasteiger partial charge >= 0.3 is 0 Å². The van der Waals surface area contributed by atoms with E-state index in [2.05, 4.69) is 16.0 Å². The number of fused-ring (bicyclic) bond motifs is 2. The lowest BCUT2D eigenvalue weighted by atomic mass is 9.91. The van der Waals surface area contributed by atoms with Crippen molar-refractivity contribution in [2.45, 2.75) is 101 Å². The van der Waals surface area contributed by atoms with Crippen molar-refractivity contribution in [3.8, 4) is 22.5 Å². The highest BCUT2D eigenvalue weighted by Crippen LogP contribution is 2.46. The summed E-state index contributed by atoms with van der Waals surface area (Å²) in [5.74, 6) is 0.0703. The minimum atomic E-state index is -4.76. The van der Waals surface area contributed by atoms with E-state index in [0.29, 0.717) is 68.9 Å². The van der Waals surface area contributed by atoms with Crippen LogP contribution in [0.25, 0.3) is 33.4 Å². The summed E-state index contributed by atoms with van der Waals surface area (Å²) < 4.78 is 69.7. The number of hydrogen-bond donors (Lipinski definition) is 5. The summed E-state index contributed by atoms with van der Waals surface area (Å²) in [6, 6.07) is 18.4. The van der Waals surface area contributed by atoms with Gasteiger partial charge in [0.2, 0.25) is 22.7 Å². The van der Waals surface area contributed by atoms with Crippen LogP contribution in [0.3, 0.4) is 0 Å². The van der Waals surface area contributed by atoms with E-state index in [1.807, 2.05) is 95.2 Å². The normalized spacial score (nSPS) is 12.6. The van der Waals surface area contributed by atoms with Crippen LogP contribution in [-0.2, 0) is 30.6 Å². The molecule has 0 radical (unpaired) electrons. The van der Waals surface area contributed by atoms with Crippen molar-refractivity contribution in [3.63, 3.8) is 0 Å². The zero-order valence-corrected chi connectivity index (χ0v) is 41.0. The van der Waals surface area contributed by atoms with Gasteiger partial charge in [-0.25, -0.2) is 13.4 Å². The van der Waals surface area contributed by atoms with Gasteiger partial charge in [-0.15, -0.1) is 0 Å². The first-order valence-corrected chi connectivity index (χ1v) is 23.8. The van der Waals surface area contributed by atoms with Crippen LogP contribution in [0.1, 0.15) is 87.8 Å². The van der Waals surface area contributed by atoms with Gasteiger partial charge in [0.15, 0.2) is 0 Å². The molecule has 0 saturated carbocycles. The number of carbonyl (C=O) groups is 2. The summed E-state index contributed by atoms with van der Waals surface area (Å²) in [7, 11) is -6.53. The summed E-state index contributed by atoms with van der Waals surface area (Å²) in [4.78, 5) is 30.9. The highest BCUT2D eigenvalue weighted by Gasteiger charge is 2.27. The Bertz CT molecular complexity index is 3130. The van der Waals surface area contributed by atoms with E-state index >= 15 is 0 Å². The molecule has 4 N–H and O–H groups in total. The number of rotatable bonds is 11. The minimum Gasteiger partial charge on any atom is -0.456 e. The van der Waals surface area contributed by atoms with Crippen LogP contribution in [0.15, 0.2) is 81.0 Å². The maximum absolute atomic E-state index is 13.2. The fraction of sp³-hybridized carbons (Fsp3) is 0.340. The average molecular weight is 922 g/mol. The fourth-order valence-electron chi connectivity index (χ4n) is 8.33. The molecule has 4 aromatic carbocycles. The van der Waals surface area contributed by atoms with Crippen LogP contribution in [0.5, 0.6) is 0 Å². The third-order valence-electron chi connectivity index (χ3n) is 11.2. The van der Waals surface area contributed by atoms with Gasteiger partial charge in [0.25, 0.3) is 10.1 Å². The van der Waals surface area contributed by atoms with E-state index in [9.17, 15) is 31.0 Å². The number of amides is 2. The fourth-order valence-corrected chi connectivity index (χ4v) is 9.37. The second-order valence-electron chi connectivity index (χ2n) is 19.3. The molecule has 6 rings (SSSR count). The van der Waals surface area contributed by atoms with E-state index in [-0.39, 0.29) is 44.4 Å². The molecule has 0 atom stereocenters. The van der Waals surface area contributed by atoms with Crippen molar-refractivity contribution in [1.82, 2.24) is 0 Å². The highest BCUT2D eigenvalue weighted by molar-refractivity contribution is 7.86. The Morgan fingerprint density at radius 1 is 0.723 bits per heavy atom. The van der Waals surface area contributed by atoms with Crippen LogP contribution < -0.4 is 25.6 Å². The second kappa shape index (κ2) is 18.1. The Morgan fingerprint density at radius 3 is 1.85 bits per heavy atom. The van der Waals surface area contributed by atoms with Crippen LogP contribution in [-0.4, -0.2) is 40.3 Å². The highest BCUT2D eigenvalue weighted by atomic mass is 32.2. The predicted molar refractivity (Wildman–Crippen MR) is 262 cm³/mol. The lowest BCUT2D eigenvalue weighted by Crippen LogP contribution is -2.21. The molecule has 13 nitrogen and oxygen atoms in total. The quantitative estimate of drug-likeness (QED) is 0.0479. The molecule has 2 amide bonds. The Hall–Kier alpha value is -6.03. The molecular weight excluding hydrogens is 863 g/mol. The summed E-state index contributed by atoms with van der Waals surface area (Å²) in [6.45, 7) is 23.5. The molecule has 4 aromatic rings. The van der Waals surface area contributed by atoms with Gasteiger partial charge in [-0.3, -0.25) is 18.4 Å². The number of anilines is 5. The Kier molecular flexibility index (Phi) is 13.5. The van der Waals surface area contributed by atoms with E-state index in [1.165, 1.54) is 19.2 Å². The number of carbonyl (C=O) groups excluding carboxylic acids is 2. The molecule has 1 heterocycles. The molecule has 2 aliphatic rings. The first kappa shape index (κ1) is 48.4. The molecule has 0 aromatic heterocycles.